The lowest BCUT2D eigenvalue weighted by Crippen LogP contribution is -2.01. The minimum atomic E-state index is 0.164. The molecule has 0 heterocycles. The number of rotatable bonds is 4. The van der Waals surface area contributed by atoms with Crippen molar-refractivity contribution in [1.29, 1.82) is 0 Å². The molecule has 0 fully saturated rings. The Kier molecular flexibility index (Phi) is 4.94. The second-order valence-corrected chi connectivity index (χ2v) is 6.20. The van der Waals surface area contributed by atoms with Crippen molar-refractivity contribution in [1.82, 2.24) is 0 Å². The van der Waals surface area contributed by atoms with Crippen LogP contribution >= 0.6 is 31.9 Å². The van der Waals surface area contributed by atoms with Gasteiger partial charge in [0.15, 0.2) is 11.5 Å². The molecule has 2 aromatic carbocycles. The van der Waals surface area contributed by atoms with E-state index in [1.165, 1.54) is 7.11 Å². The summed E-state index contributed by atoms with van der Waals surface area (Å²) in [5, 5.41) is 13.4. The monoisotopic (exact) mass is 399 g/mol. The molecule has 0 aliphatic rings. The molecule has 0 bridgehead atoms. The Morgan fingerprint density at radius 1 is 1.20 bits per heavy atom. The summed E-state index contributed by atoms with van der Waals surface area (Å²) in [7, 11) is 1.54. The van der Waals surface area contributed by atoms with E-state index in [9.17, 15) is 5.11 Å². The van der Waals surface area contributed by atoms with Gasteiger partial charge in [0.2, 0.25) is 0 Å². The number of anilines is 1. The van der Waals surface area contributed by atoms with E-state index in [0.29, 0.717) is 12.3 Å². The molecule has 0 radical (unpaired) electrons. The molecule has 3 nitrogen and oxygen atoms in total. The molecular formula is C15H15Br2NO2. The van der Waals surface area contributed by atoms with Gasteiger partial charge < -0.3 is 15.2 Å². The molecule has 0 aromatic heterocycles. The van der Waals surface area contributed by atoms with Gasteiger partial charge in [-0.05, 0) is 42.8 Å². The first-order valence-electron chi connectivity index (χ1n) is 6.06. The van der Waals surface area contributed by atoms with E-state index in [1.807, 2.05) is 25.1 Å². The summed E-state index contributed by atoms with van der Waals surface area (Å²) in [5.74, 6) is 0.625. The Bertz CT molecular complexity index is 630. The minimum absolute atomic E-state index is 0.164. The lowest BCUT2D eigenvalue weighted by molar-refractivity contribution is 0.370. The molecule has 2 rings (SSSR count). The number of ether oxygens (including phenoxy) is 1. The molecule has 0 atom stereocenters. The summed E-state index contributed by atoms with van der Waals surface area (Å²) in [6, 6.07) is 9.65. The molecule has 5 heteroatoms. The van der Waals surface area contributed by atoms with E-state index < -0.39 is 0 Å². The first kappa shape index (κ1) is 15.2. The lowest BCUT2D eigenvalue weighted by atomic mass is 10.1. The molecule has 0 unspecified atom stereocenters. The summed E-state index contributed by atoms with van der Waals surface area (Å²) < 4.78 is 7.09. The Morgan fingerprint density at radius 3 is 2.60 bits per heavy atom. The zero-order valence-corrected chi connectivity index (χ0v) is 14.4. The number of nitrogens with one attached hydrogen (secondary N) is 1. The number of aromatic hydroxyl groups is 1. The third-order valence-corrected chi connectivity index (χ3v) is 4.33. The van der Waals surface area contributed by atoms with Gasteiger partial charge in [-0.1, -0.05) is 31.9 Å². The molecule has 106 valence electrons. The number of phenolic OH excluding ortho intramolecular Hbond substituents is 1. The van der Waals surface area contributed by atoms with E-state index in [-0.39, 0.29) is 5.75 Å². The quantitative estimate of drug-likeness (QED) is 0.770. The van der Waals surface area contributed by atoms with Crippen LogP contribution in [0.4, 0.5) is 5.69 Å². The normalized spacial score (nSPS) is 10.4. The van der Waals surface area contributed by atoms with Crippen molar-refractivity contribution >= 4 is 37.5 Å². The van der Waals surface area contributed by atoms with Crippen LogP contribution in [-0.4, -0.2) is 12.2 Å². The summed E-state index contributed by atoms with van der Waals surface area (Å²) in [6.07, 6.45) is 0. The largest absolute Gasteiger partial charge is 0.504 e. The maximum Gasteiger partial charge on any atom is 0.162 e. The van der Waals surface area contributed by atoms with Crippen LogP contribution in [0.2, 0.25) is 0 Å². The molecule has 0 saturated heterocycles. The topological polar surface area (TPSA) is 41.5 Å². The maximum absolute atomic E-state index is 10.1. The zero-order chi connectivity index (χ0) is 14.7. The predicted octanol–water partition coefficient (Wildman–Crippen LogP) is 4.85. The van der Waals surface area contributed by atoms with Crippen LogP contribution in [0.1, 0.15) is 11.1 Å². The van der Waals surface area contributed by atoms with Crippen molar-refractivity contribution in [3.63, 3.8) is 0 Å². The predicted molar refractivity (Wildman–Crippen MR) is 88.6 cm³/mol. The van der Waals surface area contributed by atoms with Crippen molar-refractivity contribution in [3.05, 3.63) is 50.4 Å². The molecule has 2 N–H and O–H groups in total. The highest BCUT2D eigenvalue weighted by Gasteiger charge is 2.09. The fourth-order valence-electron chi connectivity index (χ4n) is 1.87. The Morgan fingerprint density at radius 2 is 1.95 bits per heavy atom. The maximum atomic E-state index is 10.1. The first-order valence-corrected chi connectivity index (χ1v) is 7.65. The van der Waals surface area contributed by atoms with Crippen LogP contribution in [-0.2, 0) is 6.54 Å². The van der Waals surface area contributed by atoms with Crippen LogP contribution in [0.5, 0.6) is 11.5 Å². The van der Waals surface area contributed by atoms with Crippen LogP contribution in [0.15, 0.2) is 39.3 Å². The average molecular weight is 401 g/mol. The van der Waals surface area contributed by atoms with Gasteiger partial charge in [0.25, 0.3) is 0 Å². The van der Waals surface area contributed by atoms with Crippen molar-refractivity contribution < 1.29 is 9.84 Å². The van der Waals surface area contributed by atoms with Gasteiger partial charge in [0, 0.05) is 26.7 Å². The smallest absolute Gasteiger partial charge is 0.162 e. The van der Waals surface area contributed by atoms with Gasteiger partial charge in [0.1, 0.15) is 0 Å². The second kappa shape index (κ2) is 6.50. The molecule has 0 amide bonds. The molecule has 20 heavy (non-hydrogen) atoms. The molecule has 0 saturated carbocycles. The molecule has 0 aliphatic heterocycles. The first-order chi connectivity index (χ1) is 9.51. The fourth-order valence-corrected chi connectivity index (χ4v) is 2.60. The van der Waals surface area contributed by atoms with Crippen LogP contribution in [0.25, 0.3) is 0 Å². The lowest BCUT2D eigenvalue weighted by Gasteiger charge is -2.12. The molecular weight excluding hydrogens is 386 g/mol. The number of benzene rings is 2. The Hall–Kier alpha value is -1.20. The number of phenols is 1. The van der Waals surface area contributed by atoms with Crippen LogP contribution in [0.3, 0.4) is 0 Å². The Balaban J connectivity index is 2.18. The van der Waals surface area contributed by atoms with E-state index in [1.54, 1.807) is 6.07 Å². The van der Waals surface area contributed by atoms with Gasteiger partial charge in [0.05, 0.1) is 7.11 Å². The van der Waals surface area contributed by atoms with Crippen molar-refractivity contribution in [2.45, 2.75) is 13.5 Å². The summed E-state index contributed by atoms with van der Waals surface area (Å²) in [5.41, 5.74) is 2.94. The summed E-state index contributed by atoms with van der Waals surface area (Å²) in [6.45, 7) is 2.55. The highest BCUT2D eigenvalue weighted by atomic mass is 79.9. The standard InChI is InChI=1S/C15H15Br2NO2/c1-9-5-12(3-4-13(9)17)18-8-10-6-11(16)7-14(20-2)15(10)19/h3-7,18-19H,8H2,1-2H3. The molecule has 0 aliphatic carbocycles. The van der Waals surface area contributed by atoms with Gasteiger partial charge >= 0.3 is 0 Å². The number of methoxy groups -OCH3 is 1. The number of halogens is 2. The SMILES string of the molecule is COc1cc(Br)cc(CNc2ccc(Br)c(C)c2)c1O. The number of aryl methyl sites for hydroxylation is 1. The van der Waals surface area contributed by atoms with E-state index in [0.717, 1.165) is 25.8 Å². The third kappa shape index (κ3) is 3.46. The second-order valence-electron chi connectivity index (χ2n) is 4.43. The van der Waals surface area contributed by atoms with Crippen molar-refractivity contribution in [3.8, 4) is 11.5 Å². The molecule has 2 aromatic rings. The van der Waals surface area contributed by atoms with Gasteiger partial charge in [-0.2, -0.15) is 0 Å². The fraction of sp³-hybridized carbons (Fsp3) is 0.200. The van der Waals surface area contributed by atoms with E-state index >= 15 is 0 Å². The number of hydrogen-bond donors (Lipinski definition) is 2. The van der Waals surface area contributed by atoms with Gasteiger partial charge in [-0.25, -0.2) is 0 Å². The van der Waals surface area contributed by atoms with E-state index in [2.05, 4.69) is 43.2 Å². The Labute approximate surface area is 135 Å². The summed E-state index contributed by atoms with van der Waals surface area (Å²) >= 11 is 6.89. The molecule has 0 spiro atoms. The van der Waals surface area contributed by atoms with E-state index in [4.69, 9.17) is 4.74 Å². The summed E-state index contributed by atoms with van der Waals surface area (Å²) in [4.78, 5) is 0. The van der Waals surface area contributed by atoms with Crippen LogP contribution < -0.4 is 10.1 Å². The van der Waals surface area contributed by atoms with Gasteiger partial charge in [-0.3, -0.25) is 0 Å². The third-order valence-electron chi connectivity index (χ3n) is 2.98. The van der Waals surface area contributed by atoms with Gasteiger partial charge in [-0.15, -0.1) is 0 Å². The minimum Gasteiger partial charge on any atom is -0.504 e. The average Bonchev–Trinajstić information content (AvgIpc) is 2.43. The highest BCUT2D eigenvalue weighted by Crippen LogP contribution is 2.34. The zero-order valence-electron chi connectivity index (χ0n) is 11.2. The highest BCUT2D eigenvalue weighted by molar-refractivity contribution is 9.10. The van der Waals surface area contributed by atoms with Crippen molar-refractivity contribution in [2.75, 3.05) is 12.4 Å². The van der Waals surface area contributed by atoms with Crippen LogP contribution in [0, 0.1) is 6.92 Å². The number of hydrogen-bond acceptors (Lipinski definition) is 3. The van der Waals surface area contributed by atoms with Crippen molar-refractivity contribution in [2.24, 2.45) is 0 Å².